The molecular weight excluding hydrogens is 432 g/mol. The minimum absolute atomic E-state index is 0.0833. The van der Waals surface area contributed by atoms with Crippen LogP contribution >= 0.6 is 23.5 Å². The standard InChI is InChI=1S/C19H26F4O4S2/c1-15(2)11-6-7-16(15,3)19(12(11)27-14(25)18(5,22)23)28-9-10(29-19)8-26-13(24)17(4,20)21/h10-12H,6-9H2,1-5H3. The number of rotatable bonds is 5. The summed E-state index contributed by atoms with van der Waals surface area (Å²) in [5.74, 6) is -9.89. The molecule has 5 atom stereocenters. The van der Waals surface area contributed by atoms with Crippen molar-refractivity contribution in [1.82, 2.24) is 0 Å². The highest BCUT2D eigenvalue weighted by atomic mass is 32.2. The van der Waals surface area contributed by atoms with Gasteiger partial charge in [0, 0.05) is 36.2 Å². The average Bonchev–Trinajstić information content (AvgIpc) is 3.13. The zero-order valence-electron chi connectivity index (χ0n) is 17.0. The van der Waals surface area contributed by atoms with Crippen LogP contribution in [-0.2, 0) is 19.1 Å². The van der Waals surface area contributed by atoms with Crippen molar-refractivity contribution in [3.05, 3.63) is 0 Å². The van der Waals surface area contributed by atoms with Crippen LogP contribution < -0.4 is 0 Å². The van der Waals surface area contributed by atoms with Gasteiger partial charge in [0.25, 0.3) is 0 Å². The van der Waals surface area contributed by atoms with E-state index in [0.717, 1.165) is 12.8 Å². The molecule has 2 saturated carbocycles. The lowest BCUT2D eigenvalue weighted by Crippen LogP contribution is -2.50. The fourth-order valence-corrected chi connectivity index (χ4v) is 9.55. The van der Waals surface area contributed by atoms with Crippen LogP contribution in [0.25, 0.3) is 0 Å². The monoisotopic (exact) mass is 458 g/mol. The van der Waals surface area contributed by atoms with Gasteiger partial charge in [-0.25, -0.2) is 9.59 Å². The fourth-order valence-electron chi connectivity index (χ4n) is 5.00. The molecule has 0 radical (unpaired) electrons. The average molecular weight is 459 g/mol. The SMILES string of the molecule is CC(F)(F)C(=O)OCC1CSC2(S1)C(OC(=O)C(C)(F)F)C1CCC2(C)C1(C)C. The summed E-state index contributed by atoms with van der Waals surface area (Å²) in [6.07, 6.45) is 0.889. The van der Waals surface area contributed by atoms with Gasteiger partial charge >= 0.3 is 23.8 Å². The van der Waals surface area contributed by atoms with E-state index in [1.807, 2.05) is 0 Å². The van der Waals surface area contributed by atoms with Crippen molar-refractivity contribution >= 4 is 35.5 Å². The van der Waals surface area contributed by atoms with Gasteiger partial charge in [0.2, 0.25) is 0 Å². The molecule has 29 heavy (non-hydrogen) atoms. The quantitative estimate of drug-likeness (QED) is 0.438. The molecule has 3 rings (SSSR count). The smallest absolute Gasteiger partial charge is 0.377 e. The van der Waals surface area contributed by atoms with Gasteiger partial charge in [-0.3, -0.25) is 0 Å². The summed E-state index contributed by atoms with van der Waals surface area (Å²) in [5, 5.41) is -0.290. The topological polar surface area (TPSA) is 52.6 Å². The summed E-state index contributed by atoms with van der Waals surface area (Å²) < 4.78 is 62.8. The van der Waals surface area contributed by atoms with Crippen molar-refractivity contribution in [2.45, 2.75) is 74.7 Å². The highest BCUT2D eigenvalue weighted by Gasteiger charge is 2.77. The molecule has 0 aromatic rings. The third-order valence-electron chi connectivity index (χ3n) is 6.99. The van der Waals surface area contributed by atoms with Gasteiger partial charge in [-0.2, -0.15) is 17.6 Å². The molecule has 0 aromatic heterocycles. The van der Waals surface area contributed by atoms with Crippen molar-refractivity contribution in [3.63, 3.8) is 0 Å². The maximum Gasteiger partial charge on any atom is 0.377 e. The molecule has 5 unspecified atom stereocenters. The molecule has 1 saturated heterocycles. The van der Waals surface area contributed by atoms with Crippen LogP contribution in [0.5, 0.6) is 0 Å². The first-order valence-corrected chi connectivity index (χ1v) is 11.4. The Kier molecular flexibility index (Phi) is 5.51. The second-order valence-electron chi connectivity index (χ2n) is 9.12. The van der Waals surface area contributed by atoms with Crippen molar-refractivity contribution in [1.29, 1.82) is 0 Å². The second kappa shape index (κ2) is 6.93. The molecule has 2 bridgehead atoms. The van der Waals surface area contributed by atoms with Crippen LogP contribution in [0.15, 0.2) is 0 Å². The summed E-state index contributed by atoms with van der Waals surface area (Å²) in [7, 11) is 0. The number of alkyl halides is 4. The predicted molar refractivity (Wildman–Crippen MR) is 103 cm³/mol. The third-order valence-corrected chi connectivity index (χ3v) is 11.2. The maximum atomic E-state index is 13.6. The number of hydrogen-bond acceptors (Lipinski definition) is 6. The minimum Gasteiger partial charge on any atom is -0.460 e. The summed E-state index contributed by atoms with van der Waals surface area (Å²) in [5.41, 5.74) is -0.579. The summed E-state index contributed by atoms with van der Waals surface area (Å²) >= 11 is 2.92. The molecule has 1 aliphatic heterocycles. The van der Waals surface area contributed by atoms with E-state index in [1.165, 1.54) is 23.5 Å². The van der Waals surface area contributed by atoms with E-state index >= 15 is 0 Å². The van der Waals surface area contributed by atoms with E-state index in [2.05, 4.69) is 20.8 Å². The Morgan fingerprint density at radius 3 is 2.21 bits per heavy atom. The first-order chi connectivity index (χ1) is 13.1. The number of esters is 2. The maximum absolute atomic E-state index is 13.6. The summed E-state index contributed by atoms with van der Waals surface area (Å²) in [4.78, 5) is 23.4. The number of thioether (sulfide) groups is 2. The van der Waals surface area contributed by atoms with Gasteiger partial charge in [0.1, 0.15) is 16.8 Å². The highest BCUT2D eigenvalue weighted by Crippen LogP contribution is 2.79. The van der Waals surface area contributed by atoms with E-state index in [-0.39, 0.29) is 28.6 Å². The summed E-state index contributed by atoms with van der Waals surface area (Å²) in [6, 6.07) is 0. The Labute approximate surface area is 176 Å². The molecule has 2 aliphatic carbocycles. The van der Waals surface area contributed by atoms with E-state index in [9.17, 15) is 27.2 Å². The lowest BCUT2D eigenvalue weighted by molar-refractivity contribution is -0.178. The van der Waals surface area contributed by atoms with Gasteiger partial charge < -0.3 is 9.47 Å². The van der Waals surface area contributed by atoms with Gasteiger partial charge in [-0.1, -0.05) is 20.8 Å². The Bertz CT molecular complexity index is 705. The predicted octanol–water partition coefficient (Wildman–Crippen LogP) is 4.75. The largest absolute Gasteiger partial charge is 0.460 e. The molecule has 0 amide bonds. The van der Waals surface area contributed by atoms with Crippen LogP contribution in [-0.4, -0.2) is 51.6 Å². The third kappa shape index (κ3) is 3.46. The Hall–Kier alpha value is -0.640. The molecule has 1 heterocycles. The molecule has 4 nitrogen and oxygen atoms in total. The zero-order chi connectivity index (χ0) is 22.0. The lowest BCUT2D eigenvalue weighted by Gasteiger charge is -2.47. The molecular formula is C19H26F4O4S2. The molecule has 1 spiro atoms. The van der Waals surface area contributed by atoms with E-state index in [1.54, 1.807) is 0 Å². The van der Waals surface area contributed by atoms with Crippen molar-refractivity contribution in [2.24, 2.45) is 16.7 Å². The number of carbonyl (C=O) groups excluding carboxylic acids is 2. The number of ether oxygens (including phenoxy) is 2. The van der Waals surface area contributed by atoms with E-state index in [0.29, 0.717) is 19.6 Å². The Morgan fingerprint density at radius 1 is 1.07 bits per heavy atom. The Morgan fingerprint density at radius 2 is 1.66 bits per heavy atom. The van der Waals surface area contributed by atoms with E-state index in [4.69, 9.17) is 9.47 Å². The second-order valence-corrected chi connectivity index (χ2v) is 12.2. The van der Waals surface area contributed by atoms with Crippen LogP contribution in [0.3, 0.4) is 0 Å². The molecule has 166 valence electrons. The van der Waals surface area contributed by atoms with Crippen molar-refractivity contribution in [3.8, 4) is 0 Å². The first kappa shape index (κ1) is 23.0. The molecule has 10 heteroatoms. The Balaban J connectivity index is 1.83. The fraction of sp³-hybridized carbons (Fsp3) is 0.895. The molecule has 3 fully saturated rings. The van der Waals surface area contributed by atoms with Gasteiger partial charge in [-0.05, 0) is 18.3 Å². The van der Waals surface area contributed by atoms with Crippen LogP contribution in [0, 0.1) is 16.7 Å². The number of carbonyl (C=O) groups is 2. The first-order valence-electron chi connectivity index (χ1n) is 9.52. The molecule has 0 aromatic carbocycles. The number of hydrogen-bond donors (Lipinski definition) is 0. The van der Waals surface area contributed by atoms with Crippen LogP contribution in [0.2, 0.25) is 0 Å². The molecule has 3 aliphatic rings. The number of fused-ring (bicyclic) bond motifs is 3. The van der Waals surface area contributed by atoms with Crippen LogP contribution in [0.1, 0.15) is 47.5 Å². The van der Waals surface area contributed by atoms with Crippen molar-refractivity contribution < 1.29 is 36.6 Å². The minimum atomic E-state index is -3.59. The highest BCUT2D eigenvalue weighted by molar-refractivity contribution is 8.21. The summed E-state index contributed by atoms with van der Waals surface area (Å²) in [6.45, 7) is 7.01. The normalized spacial score (nSPS) is 38.4. The number of halogens is 4. The molecule has 0 N–H and O–H groups in total. The lowest BCUT2D eigenvalue weighted by atomic mass is 9.70. The van der Waals surface area contributed by atoms with Crippen molar-refractivity contribution in [2.75, 3.05) is 12.4 Å². The van der Waals surface area contributed by atoms with Gasteiger partial charge in [-0.15, -0.1) is 23.5 Å². The zero-order valence-corrected chi connectivity index (χ0v) is 18.7. The van der Waals surface area contributed by atoms with Crippen LogP contribution in [0.4, 0.5) is 17.6 Å². The van der Waals surface area contributed by atoms with E-state index < -0.39 is 34.0 Å². The van der Waals surface area contributed by atoms with Gasteiger partial charge in [0.05, 0.1) is 0 Å². The van der Waals surface area contributed by atoms with Gasteiger partial charge in [0.15, 0.2) is 0 Å².